The second-order valence-corrected chi connectivity index (χ2v) is 6.77. The molecule has 4 N–H and O–H groups in total. The van der Waals surface area contributed by atoms with E-state index in [1.165, 1.54) is 12.1 Å². The number of hydrogen-bond acceptors (Lipinski definition) is 5. The zero-order valence-corrected chi connectivity index (χ0v) is 15.5. The van der Waals surface area contributed by atoms with Crippen molar-refractivity contribution < 1.29 is 23.9 Å². The SMILES string of the molecule is NC(=O)c1ccc(NC(=O)NC2CC(=O)N(c3ccc4c(c3)OCCO4)C2)cc1. The third-order valence-corrected chi connectivity index (χ3v) is 4.72. The van der Waals surface area contributed by atoms with Crippen LogP contribution in [0.1, 0.15) is 16.8 Å². The molecule has 150 valence electrons. The summed E-state index contributed by atoms with van der Waals surface area (Å²) in [5.41, 5.74) is 6.76. The molecule has 4 rings (SSSR count). The number of fused-ring (bicyclic) bond motifs is 1. The maximum Gasteiger partial charge on any atom is 0.319 e. The maximum atomic E-state index is 12.4. The number of nitrogens with two attached hydrogens (primary N) is 1. The number of anilines is 2. The predicted octanol–water partition coefficient (Wildman–Crippen LogP) is 1.48. The molecule has 1 saturated heterocycles. The van der Waals surface area contributed by atoms with Crippen molar-refractivity contribution in [1.29, 1.82) is 0 Å². The molecular formula is C20H20N4O5. The van der Waals surface area contributed by atoms with Crippen LogP contribution in [-0.2, 0) is 4.79 Å². The van der Waals surface area contributed by atoms with Crippen LogP contribution in [0.5, 0.6) is 11.5 Å². The summed E-state index contributed by atoms with van der Waals surface area (Å²) in [6.45, 7) is 1.32. The number of urea groups is 1. The van der Waals surface area contributed by atoms with Crippen LogP contribution < -0.4 is 30.7 Å². The number of primary amides is 1. The van der Waals surface area contributed by atoms with Gasteiger partial charge in [-0.1, -0.05) is 0 Å². The van der Waals surface area contributed by atoms with Crippen molar-refractivity contribution in [2.24, 2.45) is 5.73 Å². The molecule has 1 unspecified atom stereocenters. The van der Waals surface area contributed by atoms with Gasteiger partial charge in [0.05, 0.1) is 6.04 Å². The Hall–Kier alpha value is -3.75. The molecular weight excluding hydrogens is 376 g/mol. The van der Waals surface area contributed by atoms with Gasteiger partial charge in [0.1, 0.15) is 13.2 Å². The highest BCUT2D eigenvalue weighted by Crippen LogP contribution is 2.35. The van der Waals surface area contributed by atoms with Crippen LogP contribution >= 0.6 is 0 Å². The minimum atomic E-state index is -0.537. The molecule has 2 aliphatic heterocycles. The second kappa shape index (κ2) is 7.70. The van der Waals surface area contributed by atoms with E-state index in [1.54, 1.807) is 35.2 Å². The summed E-state index contributed by atoms with van der Waals surface area (Å²) in [6.07, 6.45) is 0.197. The molecule has 2 aromatic rings. The van der Waals surface area contributed by atoms with Gasteiger partial charge in [-0.3, -0.25) is 9.59 Å². The summed E-state index contributed by atoms with van der Waals surface area (Å²) in [6, 6.07) is 10.8. The zero-order chi connectivity index (χ0) is 20.4. The summed E-state index contributed by atoms with van der Waals surface area (Å²) in [5, 5.41) is 5.47. The number of hydrogen-bond donors (Lipinski definition) is 3. The van der Waals surface area contributed by atoms with E-state index in [2.05, 4.69) is 10.6 Å². The second-order valence-electron chi connectivity index (χ2n) is 6.77. The van der Waals surface area contributed by atoms with Crippen molar-refractivity contribution in [2.45, 2.75) is 12.5 Å². The lowest BCUT2D eigenvalue weighted by Crippen LogP contribution is -2.39. The van der Waals surface area contributed by atoms with Crippen molar-refractivity contribution in [3.05, 3.63) is 48.0 Å². The number of nitrogens with one attached hydrogen (secondary N) is 2. The van der Waals surface area contributed by atoms with Gasteiger partial charge in [0, 0.05) is 36.0 Å². The summed E-state index contributed by atoms with van der Waals surface area (Å²) in [7, 11) is 0. The molecule has 9 heteroatoms. The third kappa shape index (κ3) is 4.08. The van der Waals surface area contributed by atoms with Gasteiger partial charge >= 0.3 is 6.03 Å². The first-order valence-electron chi connectivity index (χ1n) is 9.17. The Kier molecular flexibility index (Phi) is 4.94. The van der Waals surface area contributed by atoms with Crippen LogP contribution in [0.3, 0.4) is 0 Å². The Morgan fingerprint density at radius 3 is 2.48 bits per heavy atom. The fraction of sp³-hybridized carbons (Fsp3) is 0.250. The number of carbonyl (C=O) groups is 3. The molecule has 9 nitrogen and oxygen atoms in total. The Bertz CT molecular complexity index is 960. The largest absolute Gasteiger partial charge is 0.486 e. The lowest BCUT2D eigenvalue weighted by atomic mass is 10.2. The van der Waals surface area contributed by atoms with E-state index in [9.17, 15) is 14.4 Å². The summed E-state index contributed by atoms with van der Waals surface area (Å²) in [5.74, 6) is 0.639. The summed E-state index contributed by atoms with van der Waals surface area (Å²) in [4.78, 5) is 37.4. The van der Waals surface area contributed by atoms with Crippen molar-refractivity contribution in [2.75, 3.05) is 30.0 Å². The molecule has 2 aromatic carbocycles. The maximum absolute atomic E-state index is 12.4. The van der Waals surface area contributed by atoms with Crippen LogP contribution in [-0.4, -0.2) is 43.6 Å². The van der Waals surface area contributed by atoms with Gasteiger partial charge in [-0.25, -0.2) is 4.79 Å². The smallest absolute Gasteiger partial charge is 0.319 e. The third-order valence-electron chi connectivity index (χ3n) is 4.72. The first-order chi connectivity index (χ1) is 14.0. The molecule has 4 amide bonds. The van der Waals surface area contributed by atoms with Gasteiger partial charge in [-0.2, -0.15) is 0 Å². The number of carbonyl (C=O) groups excluding carboxylic acids is 3. The first kappa shape index (κ1) is 18.6. The van der Waals surface area contributed by atoms with E-state index in [4.69, 9.17) is 15.2 Å². The van der Waals surface area contributed by atoms with Crippen molar-refractivity contribution >= 4 is 29.2 Å². The number of nitrogens with zero attached hydrogens (tertiary/aromatic N) is 1. The van der Waals surface area contributed by atoms with Gasteiger partial charge in [0.15, 0.2) is 11.5 Å². The molecule has 0 bridgehead atoms. The average molecular weight is 396 g/mol. The zero-order valence-electron chi connectivity index (χ0n) is 15.5. The van der Waals surface area contributed by atoms with Crippen molar-refractivity contribution in [3.63, 3.8) is 0 Å². The Morgan fingerprint density at radius 1 is 1.03 bits per heavy atom. The van der Waals surface area contributed by atoms with Crippen LogP contribution in [0.2, 0.25) is 0 Å². The molecule has 1 fully saturated rings. The molecule has 2 heterocycles. The minimum Gasteiger partial charge on any atom is -0.486 e. The Morgan fingerprint density at radius 2 is 1.76 bits per heavy atom. The predicted molar refractivity (Wildman–Crippen MR) is 105 cm³/mol. The molecule has 1 atom stereocenters. The Labute approximate surface area is 166 Å². The number of ether oxygens (including phenoxy) is 2. The first-order valence-corrected chi connectivity index (χ1v) is 9.17. The number of amides is 4. The van der Waals surface area contributed by atoms with Gasteiger partial charge in [-0.05, 0) is 36.4 Å². The van der Waals surface area contributed by atoms with E-state index < -0.39 is 11.9 Å². The minimum absolute atomic E-state index is 0.0854. The van der Waals surface area contributed by atoms with E-state index in [0.717, 1.165) is 0 Å². The van der Waals surface area contributed by atoms with Crippen molar-refractivity contribution in [1.82, 2.24) is 5.32 Å². The van der Waals surface area contributed by atoms with E-state index >= 15 is 0 Å². The Balaban J connectivity index is 1.36. The molecule has 2 aliphatic rings. The number of benzene rings is 2. The van der Waals surface area contributed by atoms with Crippen LogP contribution in [0, 0.1) is 0 Å². The standard InChI is InChI=1S/C20H20N4O5/c21-19(26)12-1-3-13(4-2-12)22-20(27)23-14-9-18(25)24(11-14)15-5-6-16-17(10-15)29-8-7-28-16/h1-6,10,14H,7-9,11H2,(H2,21,26)(H2,22,23,27). The van der Waals surface area contributed by atoms with E-state index in [0.29, 0.717) is 48.2 Å². The lowest BCUT2D eigenvalue weighted by Gasteiger charge is -2.22. The van der Waals surface area contributed by atoms with Crippen LogP contribution in [0.4, 0.5) is 16.2 Å². The van der Waals surface area contributed by atoms with Gasteiger partial charge in [0.2, 0.25) is 11.8 Å². The van der Waals surface area contributed by atoms with E-state index in [1.807, 2.05) is 0 Å². The molecule has 0 saturated carbocycles. The normalized spacial score (nSPS) is 17.7. The summed E-state index contributed by atoms with van der Waals surface area (Å²) < 4.78 is 11.1. The van der Waals surface area contributed by atoms with Gasteiger partial charge in [0.25, 0.3) is 0 Å². The van der Waals surface area contributed by atoms with Gasteiger partial charge < -0.3 is 30.7 Å². The fourth-order valence-electron chi connectivity index (χ4n) is 3.32. The molecule has 0 spiro atoms. The highest BCUT2D eigenvalue weighted by molar-refractivity contribution is 5.98. The molecule has 0 radical (unpaired) electrons. The summed E-state index contributed by atoms with van der Waals surface area (Å²) >= 11 is 0. The fourth-order valence-corrected chi connectivity index (χ4v) is 3.32. The van der Waals surface area contributed by atoms with Gasteiger partial charge in [-0.15, -0.1) is 0 Å². The highest BCUT2D eigenvalue weighted by Gasteiger charge is 2.32. The quantitative estimate of drug-likeness (QED) is 0.722. The van der Waals surface area contributed by atoms with Crippen LogP contribution in [0.25, 0.3) is 0 Å². The molecule has 0 aliphatic carbocycles. The molecule has 0 aromatic heterocycles. The topological polar surface area (TPSA) is 123 Å². The monoisotopic (exact) mass is 396 g/mol. The number of rotatable bonds is 4. The lowest BCUT2D eigenvalue weighted by molar-refractivity contribution is -0.117. The highest BCUT2D eigenvalue weighted by atomic mass is 16.6. The van der Waals surface area contributed by atoms with Crippen molar-refractivity contribution in [3.8, 4) is 11.5 Å². The van der Waals surface area contributed by atoms with Crippen LogP contribution in [0.15, 0.2) is 42.5 Å². The molecule has 29 heavy (non-hydrogen) atoms. The van der Waals surface area contributed by atoms with E-state index in [-0.39, 0.29) is 18.4 Å². The average Bonchev–Trinajstić information content (AvgIpc) is 3.07.